The first-order valence-corrected chi connectivity index (χ1v) is 11.2. The van der Waals surface area contributed by atoms with Gasteiger partial charge in [-0.2, -0.15) is 0 Å². The Morgan fingerprint density at radius 3 is 2.54 bits per heavy atom. The lowest BCUT2D eigenvalue weighted by molar-refractivity contribution is -0.120. The van der Waals surface area contributed by atoms with Crippen LogP contribution in [0.3, 0.4) is 0 Å². The number of hydrogen-bond donors (Lipinski definition) is 2. The fourth-order valence-corrected chi connectivity index (χ4v) is 4.60. The Labute approximate surface area is 166 Å². The van der Waals surface area contributed by atoms with Gasteiger partial charge in [0.05, 0.1) is 10.3 Å². The molecule has 1 saturated heterocycles. The number of fused-ring (bicyclic) bond motifs is 1. The molecule has 1 aliphatic heterocycles. The molecule has 0 spiro atoms. The SMILES string of the molecule is NS(=O)(=O)c1ccc(NC(=O)C2CCN(c3ncnc4sccc34)CC2)cc1. The molecule has 1 amide bonds. The minimum atomic E-state index is -3.74. The van der Waals surface area contributed by atoms with E-state index in [0.717, 1.165) is 42.0 Å². The summed E-state index contributed by atoms with van der Waals surface area (Å²) in [6, 6.07) is 7.88. The van der Waals surface area contributed by atoms with E-state index in [1.807, 2.05) is 11.4 Å². The highest BCUT2D eigenvalue weighted by Crippen LogP contribution is 2.30. The van der Waals surface area contributed by atoms with E-state index < -0.39 is 10.0 Å². The van der Waals surface area contributed by atoms with Crippen LogP contribution in [0.25, 0.3) is 10.2 Å². The number of amides is 1. The molecule has 4 rings (SSSR count). The first-order chi connectivity index (χ1) is 13.4. The molecule has 3 aromatic rings. The summed E-state index contributed by atoms with van der Waals surface area (Å²) in [5.74, 6) is 0.754. The van der Waals surface area contributed by atoms with Crippen molar-refractivity contribution in [2.45, 2.75) is 17.7 Å². The third-order valence-electron chi connectivity index (χ3n) is 4.86. The van der Waals surface area contributed by atoms with Crippen LogP contribution in [0.1, 0.15) is 12.8 Å². The molecule has 1 aromatic carbocycles. The molecule has 0 atom stereocenters. The molecule has 0 unspecified atom stereocenters. The molecule has 3 heterocycles. The molecule has 10 heteroatoms. The molecule has 2 aromatic heterocycles. The Kier molecular flexibility index (Phi) is 5.00. The Balaban J connectivity index is 1.38. The number of carbonyl (C=O) groups is 1. The van der Waals surface area contributed by atoms with Crippen molar-refractivity contribution in [3.63, 3.8) is 0 Å². The largest absolute Gasteiger partial charge is 0.356 e. The van der Waals surface area contributed by atoms with E-state index >= 15 is 0 Å². The normalized spacial score (nSPS) is 15.7. The number of nitrogens with two attached hydrogens (primary N) is 1. The van der Waals surface area contributed by atoms with E-state index in [1.54, 1.807) is 29.8 Å². The molecule has 0 aliphatic carbocycles. The molecular formula is C18H19N5O3S2. The number of rotatable bonds is 4. The summed E-state index contributed by atoms with van der Waals surface area (Å²) in [6.45, 7) is 1.48. The van der Waals surface area contributed by atoms with E-state index in [-0.39, 0.29) is 16.7 Å². The average Bonchev–Trinajstić information content (AvgIpc) is 3.17. The lowest BCUT2D eigenvalue weighted by Gasteiger charge is -2.32. The van der Waals surface area contributed by atoms with Crippen LogP contribution in [0.4, 0.5) is 11.5 Å². The molecule has 8 nitrogen and oxygen atoms in total. The van der Waals surface area contributed by atoms with Gasteiger partial charge in [0.2, 0.25) is 15.9 Å². The fourth-order valence-electron chi connectivity index (χ4n) is 3.35. The molecule has 0 radical (unpaired) electrons. The standard InChI is InChI=1S/C18H19N5O3S2/c19-28(25,26)14-3-1-13(2-4-14)22-17(24)12-5-8-23(9-6-12)16-15-7-10-27-18(15)21-11-20-16/h1-4,7,10-12H,5-6,8-9H2,(H,22,24)(H2,19,25,26). The van der Waals surface area contributed by atoms with Crippen molar-refractivity contribution in [2.75, 3.05) is 23.3 Å². The second-order valence-electron chi connectivity index (χ2n) is 6.66. The molecule has 146 valence electrons. The number of nitrogens with one attached hydrogen (secondary N) is 1. The first kappa shape index (κ1) is 18.8. The lowest BCUT2D eigenvalue weighted by atomic mass is 9.95. The molecule has 0 bridgehead atoms. The summed E-state index contributed by atoms with van der Waals surface area (Å²) < 4.78 is 22.6. The second kappa shape index (κ2) is 7.46. The van der Waals surface area contributed by atoms with Gasteiger partial charge in [0, 0.05) is 24.7 Å². The van der Waals surface area contributed by atoms with Crippen LogP contribution >= 0.6 is 11.3 Å². The number of nitrogens with zero attached hydrogens (tertiary/aromatic N) is 3. The van der Waals surface area contributed by atoms with Crippen LogP contribution in [0, 0.1) is 5.92 Å². The zero-order valence-corrected chi connectivity index (χ0v) is 16.5. The van der Waals surface area contributed by atoms with Crippen molar-refractivity contribution < 1.29 is 13.2 Å². The smallest absolute Gasteiger partial charge is 0.238 e. The van der Waals surface area contributed by atoms with Gasteiger partial charge >= 0.3 is 0 Å². The van der Waals surface area contributed by atoms with E-state index in [2.05, 4.69) is 20.2 Å². The summed E-state index contributed by atoms with van der Waals surface area (Å²) in [7, 11) is -3.74. The van der Waals surface area contributed by atoms with E-state index in [0.29, 0.717) is 5.69 Å². The topological polar surface area (TPSA) is 118 Å². The lowest BCUT2D eigenvalue weighted by Crippen LogP contribution is -2.38. The van der Waals surface area contributed by atoms with E-state index in [9.17, 15) is 13.2 Å². The fraction of sp³-hybridized carbons (Fsp3) is 0.278. The number of thiophene rings is 1. The zero-order chi connectivity index (χ0) is 19.7. The van der Waals surface area contributed by atoms with Crippen molar-refractivity contribution >= 4 is 49.0 Å². The second-order valence-corrected chi connectivity index (χ2v) is 9.11. The summed E-state index contributed by atoms with van der Waals surface area (Å²) in [5, 5.41) is 11.0. The molecular weight excluding hydrogens is 398 g/mol. The third-order valence-corrected chi connectivity index (χ3v) is 6.61. The van der Waals surface area contributed by atoms with Gasteiger partial charge in [-0.25, -0.2) is 23.5 Å². The summed E-state index contributed by atoms with van der Waals surface area (Å²) in [4.78, 5) is 24.5. The van der Waals surface area contributed by atoms with Crippen molar-refractivity contribution in [1.82, 2.24) is 9.97 Å². The van der Waals surface area contributed by atoms with Crippen molar-refractivity contribution in [1.29, 1.82) is 0 Å². The maximum Gasteiger partial charge on any atom is 0.238 e. The summed E-state index contributed by atoms with van der Waals surface area (Å²) in [6.07, 6.45) is 3.02. The highest BCUT2D eigenvalue weighted by atomic mass is 32.2. The number of anilines is 2. The number of aromatic nitrogens is 2. The minimum Gasteiger partial charge on any atom is -0.356 e. The zero-order valence-electron chi connectivity index (χ0n) is 14.9. The maximum absolute atomic E-state index is 12.6. The summed E-state index contributed by atoms with van der Waals surface area (Å²) in [5.41, 5.74) is 0.551. The third kappa shape index (κ3) is 3.84. The quantitative estimate of drug-likeness (QED) is 0.672. The molecule has 1 fully saturated rings. The van der Waals surface area contributed by atoms with Gasteiger partial charge in [0.25, 0.3) is 0 Å². The molecule has 1 aliphatic rings. The number of sulfonamides is 1. The predicted octanol–water partition coefficient (Wildman–Crippen LogP) is 2.19. The van der Waals surface area contributed by atoms with E-state index in [1.165, 1.54) is 12.1 Å². The Bertz CT molecular complexity index is 1100. The number of primary sulfonamides is 1. The first-order valence-electron chi connectivity index (χ1n) is 8.79. The average molecular weight is 418 g/mol. The van der Waals surface area contributed by atoms with Gasteiger partial charge in [-0.1, -0.05) is 0 Å². The van der Waals surface area contributed by atoms with Gasteiger partial charge in [0.15, 0.2) is 0 Å². The minimum absolute atomic E-state index is 0.0170. The number of hydrogen-bond acceptors (Lipinski definition) is 7. The van der Waals surface area contributed by atoms with Crippen LogP contribution in [-0.2, 0) is 14.8 Å². The number of piperidine rings is 1. The van der Waals surface area contributed by atoms with Gasteiger partial charge in [0.1, 0.15) is 17.0 Å². The highest BCUT2D eigenvalue weighted by molar-refractivity contribution is 7.89. The molecule has 0 saturated carbocycles. The van der Waals surface area contributed by atoms with Crippen molar-refractivity contribution in [3.8, 4) is 0 Å². The monoisotopic (exact) mass is 417 g/mol. The number of carbonyl (C=O) groups excluding carboxylic acids is 1. The molecule has 3 N–H and O–H groups in total. The van der Waals surface area contributed by atoms with Crippen LogP contribution in [-0.4, -0.2) is 37.4 Å². The Morgan fingerprint density at radius 1 is 1.14 bits per heavy atom. The maximum atomic E-state index is 12.6. The predicted molar refractivity (Wildman–Crippen MR) is 109 cm³/mol. The van der Waals surface area contributed by atoms with Crippen LogP contribution in [0.5, 0.6) is 0 Å². The highest BCUT2D eigenvalue weighted by Gasteiger charge is 2.26. The van der Waals surface area contributed by atoms with Crippen LogP contribution < -0.4 is 15.4 Å². The molecule has 28 heavy (non-hydrogen) atoms. The number of benzene rings is 1. The van der Waals surface area contributed by atoms with Crippen LogP contribution in [0.2, 0.25) is 0 Å². The van der Waals surface area contributed by atoms with Gasteiger partial charge in [-0.05, 0) is 48.6 Å². The van der Waals surface area contributed by atoms with Gasteiger partial charge in [-0.3, -0.25) is 4.79 Å². The summed E-state index contributed by atoms with van der Waals surface area (Å²) >= 11 is 1.59. The van der Waals surface area contributed by atoms with Gasteiger partial charge in [-0.15, -0.1) is 11.3 Å². The van der Waals surface area contributed by atoms with Gasteiger partial charge < -0.3 is 10.2 Å². The van der Waals surface area contributed by atoms with Crippen molar-refractivity contribution in [2.24, 2.45) is 11.1 Å². The Morgan fingerprint density at radius 2 is 1.86 bits per heavy atom. The van der Waals surface area contributed by atoms with Crippen molar-refractivity contribution in [3.05, 3.63) is 42.0 Å². The van der Waals surface area contributed by atoms with Crippen LogP contribution in [0.15, 0.2) is 46.9 Å². The Hall–Kier alpha value is -2.56. The van der Waals surface area contributed by atoms with E-state index in [4.69, 9.17) is 5.14 Å².